The van der Waals surface area contributed by atoms with Gasteiger partial charge in [-0.2, -0.15) is 0 Å². The van der Waals surface area contributed by atoms with Crippen LogP contribution in [0.4, 0.5) is 20.2 Å². The number of rotatable bonds is 8. The van der Waals surface area contributed by atoms with Gasteiger partial charge in [0.15, 0.2) is 0 Å². The fourth-order valence-corrected chi connectivity index (χ4v) is 6.89. The minimum Gasteiger partial charge on any atom is -0.476 e. The van der Waals surface area contributed by atoms with Crippen LogP contribution >= 0.6 is 0 Å². The predicted molar refractivity (Wildman–Crippen MR) is 153 cm³/mol. The second-order valence-corrected chi connectivity index (χ2v) is 13.2. The summed E-state index contributed by atoms with van der Waals surface area (Å²) in [5, 5.41) is 0.902. The number of alkyl halides is 2. The van der Waals surface area contributed by atoms with Crippen molar-refractivity contribution in [3.8, 4) is 17.0 Å². The Morgan fingerprint density at radius 3 is 2.59 bits per heavy atom. The first-order valence-corrected chi connectivity index (χ1v) is 15.8. The van der Waals surface area contributed by atoms with E-state index < -0.39 is 21.4 Å². The van der Waals surface area contributed by atoms with Crippen LogP contribution in [0.25, 0.3) is 22.0 Å². The van der Waals surface area contributed by atoms with E-state index in [4.69, 9.17) is 4.74 Å². The molecule has 2 fully saturated rings. The van der Waals surface area contributed by atoms with Gasteiger partial charge in [-0.3, -0.25) is 19.4 Å². The van der Waals surface area contributed by atoms with Crippen molar-refractivity contribution in [2.24, 2.45) is 0 Å². The molecule has 0 bridgehead atoms. The van der Waals surface area contributed by atoms with Crippen LogP contribution in [0.15, 0.2) is 36.7 Å². The molecule has 2 aliphatic heterocycles. The smallest absolute Gasteiger partial charge is 0.260 e. The Labute approximate surface area is 238 Å². The Morgan fingerprint density at radius 1 is 1.07 bits per heavy atom. The van der Waals surface area contributed by atoms with Crippen LogP contribution in [0.3, 0.4) is 0 Å². The maximum atomic E-state index is 13.7. The highest BCUT2D eigenvalue weighted by atomic mass is 32.2. The first-order valence-electron chi connectivity index (χ1n) is 13.9. The molecule has 218 valence electrons. The average molecular weight is 586 g/mol. The summed E-state index contributed by atoms with van der Waals surface area (Å²) in [6, 6.07) is 7.46. The van der Waals surface area contributed by atoms with Gasteiger partial charge in [-0.1, -0.05) is 12.5 Å². The van der Waals surface area contributed by atoms with Crippen LogP contribution in [-0.4, -0.2) is 74.7 Å². The molecule has 1 saturated carbocycles. The normalized spacial score (nSPS) is 19.8. The second-order valence-electron chi connectivity index (χ2n) is 11.4. The Balaban J connectivity index is 1.27. The maximum absolute atomic E-state index is 13.7. The number of pyridine rings is 2. The van der Waals surface area contributed by atoms with Crippen LogP contribution in [0.5, 0.6) is 5.88 Å². The van der Waals surface area contributed by atoms with Crippen molar-refractivity contribution < 1.29 is 26.7 Å². The third-order valence-electron chi connectivity index (χ3n) is 8.42. The number of hydrogen-bond donors (Lipinski definition) is 1. The van der Waals surface area contributed by atoms with E-state index in [-0.39, 0.29) is 37.0 Å². The molecule has 2 aromatic heterocycles. The van der Waals surface area contributed by atoms with Gasteiger partial charge >= 0.3 is 0 Å². The van der Waals surface area contributed by atoms with Crippen molar-refractivity contribution in [2.75, 3.05) is 49.2 Å². The number of anilines is 2. The van der Waals surface area contributed by atoms with E-state index in [9.17, 15) is 22.0 Å². The van der Waals surface area contributed by atoms with Crippen molar-refractivity contribution in [2.45, 2.75) is 49.9 Å². The molecule has 1 amide bonds. The number of sulfonamides is 1. The van der Waals surface area contributed by atoms with Gasteiger partial charge in [0.2, 0.25) is 21.8 Å². The van der Waals surface area contributed by atoms with Gasteiger partial charge in [-0.15, -0.1) is 0 Å². The van der Waals surface area contributed by atoms with E-state index in [1.165, 1.54) is 0 Å². The number of halogens is 2. The lowest BCUT2D eigenvalue weighted by Gasteiger charge is -2.37. The van der Waals surface area contributed by atoms with E-state index in [1.54, 1.807) is 35.3 Å². The minimum atomic E-state index is -3.64. The molecule has 0 unspecified atom stereocenters. The van der Waals surface area contributed by atoms with Crippen LogP contribution in [0.1, 0.15) is 44.1 Å². The van der Waals surface area contributed by atoms with Crippen molar-refractivity contribution in [1.82, 2.24) is 14.9 Å². The number of benzene rings is 1. The number of nitrogens with one attached hydrogen (secondary N) is 1. The van der Waals surface area contributed by atoms with Crippen LogP contribution in [0.2, 0.25) is 0 Å². The summed E-state index contributed by atoms with van der Waals surface area (Å²) in [5.74, 6) is -2.44. The van der Waals surface area contributed by atoms with Gasteiger partial charge in [0, 0.05) is 42.7 Å². The van der Waals surface area contributed by atoms with Crippen LogP contribution in [0, 0.1) is 0 Å². The third-order valence-corrected chi connectivity index (χ3v) is 9.01. The molecule has 3 aliphatic rings. The largest absolute Gasteiger partial charge is 0.476 e. The molecule has 1 aromatic carbocycles. The highest BCUT2D eigenvalue weighted by Crippen LogP contribution is 2.55. The monoisotopic (exact) mass is 585 g/mol. The van der Waals surface area contributed by atoms with E-state index in [0.29, 0.717) is 31.5 Å². The molecule has 3 aromatic rings. The number of nitrogens with zero attached hydrogens (tertiary/aromatic N) is 4. The number of amides is 1. The third kappa shape index (κ3) is 5.23. The summed E-state index contributed by atoms with van der Waals surface area (Å²) in [5.41, 5.74) is 3.77. The number of ether oxygens (including phenoxy) is 1. The molecule has 0 atom stereocenters. The van der Waals surface area contributed by atoms with Gasteiger partial charge in [0.25, 0.3) is 5.92 Å². The van der Waals surface area contributed by atoms with Crippen LogP contribution in [-0.2, 0) is 20.2 Å². The van der Waals surface area contributed by atoms with E-state index >= 15 is 0 Å². The summed E-state index contributed by atoms with van der Waals surface area (Å²) in [6.07, 6.45) is 7.92. The topological polar surface area (TPSA) is 105 Å². The fourth-order valence-electron chi connectivity index (χ4n) is 6.34. The fraction of sp³-hybridized carbons (Fsp3) is 0.483. The zero-order valence-corrected chi connectivity index (χ0v) is 23.9. The molecule has 4 heterocycles. The number of hydrogen-bond acceptors (Lipinski definition) is 7. The predicted octanol–water partition coefficient (Wildman–Crippen LogP) is 4.57. The lowest BCUT2D eigenvalue weighted by molar-refractivity contribution is -0.125. The number of likely N-dealkylation sites (N-methyl/N-ethyl adjacent to an activating group) is 1. The van der Waals surface area contributed by atoms with Gasteiger partial charge in [-0.25, -0.2) is 22.2 Å². The number of piperidine rings is 1. The van der Waals surface area contributed by atoms with Gasteiger partial charge in [0.05, 0.1) is 42.2 Å². The van der Waals surface area contributed by atoms with Gasteiger partial charge < -0.3 is 9.64 Å². The molecular weight excluding hydrogens is 552 g/mol. The first kappa shape index (κ1) is 27.8. The molecule has 0 radical (unpaired) electrons. The van der Waals surface area contributed by atoms with Crippen molar-refractivity contribution in [3.63, 3.8) is 0 Å². The standard InChI is InChI=1S/C29H33F2N5O4S/c1-35-24-17-32-22-7-6-19(14-21(22)25(24)28(27(35)37)8-3-9-28)20-15-23(34-41(2,38)39)26(33-16-20)40-13-5-12-36-11-4-10-29(30,31)18-36/h6-7,14-17,34H,3-5,8-13,18H2,1-2H3. The number of fused-ring (bicyclic) bond motifs is 4. The summed E-state index contributed by atoms with van der Waals surface area (Å²) in [7, 11) is -1.85. The molecular formula is C29H33F2N5O4S. The van der Waals surface area contributed by atoms with E-state index in [0.717, 1.165) is 53.2 Å². The zero-order chi connectivity index (χ0) is 29.0. The summed E-state index contributed by atoms with van der Waals surface area (Å²) in [4.78, 5) is 25.6. The summed E-state index contributed by atoms with van der Waals surface area (Å²) >= 11 is 0. The maximum Gasteiger partial charge on any atom is 0.260 e. The lowest BCUT2D eigenvalue weighted by atomic mass is 9.64. The lowest BCUT2D eigenvalue weighted by Crippen LogP contribution is -2.43. The number of aromatic nitrogens is 2. The average Bonchev–Trinajstić information content (AvgIpc) is 3.12. The number of carbonyl (C=O) groups excluding carboxylic acids is 1. The molecule has 1 N–H and O–H groups in total. The molecule has 6 rings (SSSR count). The number of likely N-dealkylation sites (tertiary alicyclic amines) is 1. The summed E-state index contributed by atoms with van der Waals surface area (Å²) in [6.45, 7) is 1.03. The molecule has 9 nitrogen and oxygen atoms in total. The molecule has 1 aliphatic carbocycles. The Bertz CT molecular complexity index is 1630. The van der Waals surface area contributed by atoms with Crippen LogP contribution < -0.4 is 14.4 Å². The second kappa shape index (κ2) is 10.2. The van der Waals surface area contributed by atoms with Crippen molar-refractivity contribution in [3.05, 3.63) is 42.2 Å². The Kier molecular flexibility index (Phi) is 6.88. The zero-order valence-electron chi connectivity index (χ0n) is 23.1. The molecule has 1 saturated heterocycles. The Morgan fingerprint density at radius 2 is 1.88 bits per heavy atom. The van der Waals surface area contributed by atoms with Gasteiger partial charge in [-0.05, 0) is 56.0 Å². The first-order chi connectivity index (χ1) is 19.5. The minimum absolute atomic E-state index is 0.0803. The molecule has 41 heavy (non-hydrogen) atoms. The SMILES string of the molecule is CN1C(=O)C2(CCC2)c2c1cnc1ccc(-c3cnc(OCCCN4CCCC(F)(F)C4)c(NS(C)(=O)=O)c3)cc21. The van der Waals surface area contributed by atoms with Crippen molar-refractivity contribution >= 4 is 38.2 Å². The quantitative estimate of drug-likeness (QED) is 0.387. The highest BCUT2D eigenvalue weighted by molar-refractivity contribution is 7.92. The summed E-state index contributed by atoms with van der Waals surface area (Å²) < 4.78 is 60.0. The van der Waals surface area contributed by atoms with Crippen molar-refractivity contribution in [1.29, 1.82) is 0 Å². The highest BCUT2D eigenvalue weighted by Gasteiger charge is 2.54. The molecule has 12 heteroatoms. The molecule has 1 spiro atoms. The number of carbonyl (C=O) groups is 1. The Hall–Kier alpha value is -3.38. The van der Waals surface area contributed by atoms with E-state index in [1.807, 2.05) is 18.2 Å². The van der Waals surface area contributed by atoms with Gasteiger partial charge in [0.1, 0.15) is 5.69 Å². The van der Waals surface area contributed by atoms with E-state index in [2.05, 4.69) is 14.7 Å².